The van der Waals surface area contributed by atoms with Crippen LogP contribution in [0.25, 0.3) is 0 Å². The first kappa shape index (κ1) is 20.1. The van der Waals surface area contributed by atoms with E-state index in [1.54, 1.807) is 0 Å². The van der Waals surface area contributed by atoms with E-state index in [9.17, 15) is 0 Å². The van der Waals surface area contributed by atoms with Crippen molar-refractivity contribution in [3.63, 3.8) is 0 Å². The molecule has 0 saturated heterocycles. The molecule has 0 aromatic rings. The summed E-state index contributed by atoms with van der Waals surface area (Å²) in [5.74, 6) is 0. The predicted octanol–water partition coefficient (Wildman–Crippen LogP) is 3.00. The molecule has 0 rings (SSSR count). The third kappa shape index (κ3) is 682. The Balaban J connectivity index is -0.000000120. The molecule has 0 aliphatic rings. The molecule has 0 heterocycles. The monoisotopic (exact) mass is 298 g/mol. The Morgan fingerprint density at radius 1 is 0.769 bits per heavy atom. The Bertz CT molecular complexity index is 79.8. The van der Waals surface area contributed by atoms with Crippen LogP contribution in [0.15, 0.2) is 0 Å². The summed E-state index contributed by atoms with van der Waals surface area (Å²) in [5, 5.41) is 0. The number of hydrogen-bond acceptors (Lipinski definition) is 2. The third-order valence-electron chi connectivity index (χ3n) is 0. The van der Waals surface area contributed by atoms with E-state index in [2.05, 4.69) is 0 Å². The zero-order valence-electron chi connectivity index (χ0n) is 9.15. The quantitative estimate of drug-likeness (QED) is 0.675. The molecular weight excluding hydrogens is 279 g/mol. The first-order valence-electron chi connectivity index (χ1n) is 3.83. The standard InChI is InChI=1S/2C3H10OSi.2ClH.Ti/c2*1-5(2,3)4;;;/h2*4H,1-3H3;2*1H;/q;;;;+2/p-2. The van der Waals surface area contributed by atoms with Crippen LogP contribution < -0.4 is 0 Å². The Morgan fingerprint density at radius 2 is 0.769 bits per heavy atom. The van der Waals surface area contributed by atoms with Crippen LogP contribution in [0.3, 0.4) is 0 Å². The van der Waals surface area contributed by atoms with E-state index in [4.69, 9.17) is 28.2 Å². The van der Waals surface area contributed by atoms with Gasteiger partial charge in [-0.25, -0.2) is 0 Å². The average molecular weight is 299 g/mol. The Morgan fingerprint density at radius 3 is 0.769 bits per heavy atom. The first-order chi connectivity index (χ1) is 5.41. The molecule has 7 heteroatoms. The molecule has 0 saturated carbocycles. The summed E-state index contributed by atoms with van der Waals surface area (Å²) in [5.41, 5.74) is 0. The van der Waals surface area contributed by atoms with E-state index < -0.39 is 33.7 Å². The summed E-state index contributed by atoms with van der Waals surface area (Å²) >= 11 is -0.556. The second kappa shape index (κ2) is 10.2. The molecule has 0 radical (unpaired) electrons. The molecule has 0 aliphatic heterocycles. The van der Waals surface area contributed by atoms with Crippen LogP contribution in [-0.4, -0.2) is 26.2 Å². The molecule has 0 bridgehead atoms. The van der Waals surface area contributed by atoms with Gasteiger partial charge in [0.15, 0.2) is 16.6 Å². The van der Waals surface area contributed by atoms with Gasteiger partial charge in [-0.1, -0.05) is 0 Å². The van der Waals surface area contributed by atoms with E-state index >= 15 is 0 Å². The Kier molecular flexibility index (Phi) is 15.7. The summed E-state index contributed by atoms with van der Waals surface area (Å²) in [6.07, 6.45) is 0. The first-order valence-corrected chi connectivity index (χ1v) is 15.0. The number of hydrogen-bond donors (Lipinski definition) is 2. The van der Waals surface area contributed by atoms with Crippen LogP contribution in [0, 0.1) is 0 Å². The third-order valence-corrected chi connectivity index (χ3v) is 0. The molecule has 0 unspecified atom stereocenters. The molecule has 0 spiro atoms. The van der Waals surface area contributed by atoms with Crippen molar-refractivity contribution >= 4 is 35.2 Å². The molecule has 0 aromatic heterocycles. The van der Waals surface area contributed by atoms with Crippen LogP contribution in [0.2, 0.25) is 39.3 Å². The van der Waals surface area contributed by atoms with E-state index in [0.717, 1.165) is 0 Å². The van der Waals surface area contributed by atoms with Crippen LogP contribution >= 0.6 is 18.6 Å². The maximum atomic E-state index is 8.66. The van der Waals surface area contributed by atoms with Crippen molar-refractivity contribution in [2.24, 2.45) is 0 Å². The van der Waals surface area contributed by atoms with Gasteiger partial charge in [0.25, 0.3) is 0 Å². The zero-order chi connectivity index (χ0) is 11.7. The van der Waals surface area contributed by atoms with E-state index in [0.29, 0.717) is 0 Å². The maximum absolute atomic E-state index is 8.66. The van der Waals surface area contributed by atoms with Crippen molar-refractivity contribution in [1.29, 1.82) is 0 Å². The topological polar surface area (TPSA) is 40.5 Å². The number of rotatable bonds is 0. The Hall–Kier alpha value is 1.65. The molecule has 0 fully saturated rings. The molecule has 0 amide bonds. The summed E-state index contributed by atoms with van der Waals surface area (Å²) in [6.45, 7) is 11.3. The van der Waals surface area contributed by atoms with Gasteiger partial charge >= 0.3 is 35.6 Å². The van der Waals surface area contributed by atoms with Crippen LogP contribution in [0.4, 0.5) is 0 Å². The van der Waals surface area contributed by atoms with Crippen LogP contribution in [0.5, 0.6) is 0 Å². The second-order valence-corrected chi connectivity index (χ2v) is 15.7. The second-order valence-electron chi connectivity index (χ2n) is 4.41. The van der Waals surface area contributed by atoms with Gasteiger partial charge in [-0.15, -0.1) is 0 Å². The van der Waals surface area contributed by atoms with Crippen molar-refractivity contribution < 1.29 is 26.6 Å². The minimum absolute atomic E-state index is 0.556. The molecular formula is C6H20Cl2O2Si2Ti. The number of halogens is 2. The predicted molar refractivity (Wildman–Crippen MR) is 62.8 cm³/mol. The summed E-state index contributed by atoms with van der Waals surface area (Å²) < 4.78 is 0. The van der Waals surface area contributed by atoms with E-state index in [1.807, 2.05) is 39.3 Å². The van der Waals surface area contributed by atoms with Crippen LogP contribution in [-0.2, 0) is 17.0 Å². The zero-order valence-corrected chi connectivity index (χ0v) is 14.2. The van der Waals surface area contributed by atoms with Crippen molar-refractivity contribution in [3.05, 3.63) is 0 Å². The van der Waals surface area contributed by atoms with Gasteiger partial charge in [0.1, 0.15) is 0 Å². The van der Waals surface area contributed by atoms with Gasteiger partial charge in [-0.05, 0) is 39.3 Å². The van der Waals surface area contributed by atoms with Gasteiger partial charge in [-0.2, -0.15) is 0 Å². The van der Waals surface area contributed by atoms with Gasteiger partial charge in [-0.3, -0.25) is 0 Å². The fourth-order valence-corrected chi connectivity index (χ4v) is 0. The molecule has 13 heavy (non-hydrogen) atoms. The van der Waals surface area contributed by atoms with Gasteiger partial charge in [0.2, 0.25) is 0 Å². The molecule has 2 nitrogen and oxygen atoms in total. The molecule has 0 aliphatic carbocycles. The van der Waals surface area contributed by atoms with Gasteiger partial charge < -0.3 is 9.59 Å². The van der Waals surface area contributed by atoms with Gasteiger partial charge in [0, 0.05) is 0 Å². The van der Waals surface area contributed by atoms with Crippen LogP contribution in [0.1, 0.15) is 0 Å². The average Bonchev–Trinajstić information content (AvgIpc) is 1.52. The van der Waals surface area contributed by atoms with Crippen molar-refractivity contribution in [3.8, 4) is 0 Å². The van der Waals surface area contributed by atoms with E-state index in [1.165, 1.54) is 0 Å². The summed E-state index contributed by atoms with van der Waals surface area (Å²) in [4.78, 5) is 17.3. The summed E-state index contributed by atoms with van der Waals surface area (Å²) in [7, 11) is 6.56. The summed E-state index contributed by atoms with van der Waals surface area (Å²) in [6, 6.07) is 0. The Labute approximate surface area is 101 Å². The molecule has 0 aromatic carbocycles. The fraction of sp³-hybridized carbons (Fsp3) is 1.00. The van der Waals surface area contributed by atoms with Crippen molar-refractivity contribution in [1.82, 2.24) is 0 Å². The van der Waals surface area contributed by atoms with Crippen molar-refractivity contribution in [2.75, 3.05) is 0 Å². The SMILES string of the molecule is C[Si](C)(C)O.C[Si](C)(C)O.[Cl][Ti][Cl]. The molecule has 0 atom stereocenters. The fourth-order valence-electron chi connectivity index (χ4n) is 0. The molecule has 2 N–H and O–H groups in total. The van der Waals surface area contributed by atoms with Gasteiger partial charge in [0.05, 0.1) is 0 Å². The van der Waals surface area contributed by atoms with E-state index in [-0.39, 0.29) is 0 Å². The minimum atomic E-state index is -1.61. The van der Waals surface area contributed by atoms with Crippen molar-refractivity contribution in [2.45, 2.75) is 39.3 Å². The normalized spacial score (nSPS) is 10.3. The molecule has 82 valence electrons.